The smallest absolute Gasteiger partial charge is 0.664 e. The number of allylic oxidation sites excluding steroid dienone is 3. The number of hydrogen-bond donors (Lipinski definition) is 0. The summed E-state index contributed by atoms with van der Waals surface area (Å²) >= 11 is 0. The Bertz CT molecular complexity index is 2170. The second-order valence-electron chi connectivity index (χ2n) is 13.8. The molecule has 8 bridgehead atoms. The molecule has 1 fully saturated rings. The van der Waals surface area contributed by atoms with Gasteiger partial charge in [-0.1, -0.05) is 91.5 Å². The summed E-state index contributed by atoms with van der Waals surface area (Å²) < 4.78 is 10.8. The summed E-state index contributed by atoms with van der Waals surface area (Å²) in [6.45, 7) is 18.5. The SMILES string of the molecule is C=Cc1c2[n-]c(c1C)/C=C1\[N-]/C(=C3\c4[n-]c(c(C)c4C(=O)[C@@H]3C(=O)OC)/C=c3\[n-]/c(c(C)c3CC)=C\2)[C@@H](CCC(=O)OC/C=C(\C)CCC)[C@@H]1C.[Mg+2]. The van der Waals surface area contributed by atoms with Gasteiger partial charge in [-0.05, 0) is 70.4 Å². The molecule has 1 saturated heterocycles. The standard InChI is InChI=1S/C42H47N4O5.Mg/c1-10-13-21(4)16-17-51-35(47)15-14-28-24(7)31-18-29-22(5)26(11-2)33(43-29)19-30-23(6)27(12-3)34(44-30)20-32-25(8)36-40(46-32)37(39(28)45-31)38(41(36)48)42(49)50-9;/h11,16,18-20,24,28,38H,2,10,12-15,17H2,1,3-9H3,(H-,45,46,48);/q-3;+2/p-1/b21-16+,30-19-,31-18-,34-20-;/t24-,28-,38+;/m0./s1. The van der Waals surface area contributed by atoms with E-state index in [2.05, 4.69) is 34.3 Å². The zero-order chi connectivity index (χ0) is 36.7. The molecule has 5 heterocycles. The van der Waals surface area contributed by atoms with E-state index in [9.17, 15) is 14.4 Å². The van der Waals surface area contributed by atoms with Gasteiger partial charge in [0.25, 0.3) is 0 Å². The third-order valence-corrected chi connectivity index (χ3v) is 10.7. The number of ether oxygens (including phenoxy) is 2. The molecular formula is C42H46MgN4O5-2. The Morgan fingerprint density at radius 3 is 2.33 bits per heavy atom. The number of ketones is 1. The van der Waals surface area contributed by atoms with Crippen molar-refractivity contribution in [2.75, 3.05) is 13.7 Å². The van der Waals surface area contributed by atoms with E-state index < -0.39 is 11.9 Å². The maximum Gasteiger partial charge on any atom is 2.00 e. The fraction of sp³-hybridized carbons (Fsp3) is 0.405. The third-order valence-electron chi connectivity index (χ3n) is 10.7. The van der Waals surface area contributed by atoms with Crippen molar-refractivity contribution in [1.82, 2.24) is 15.0 Å². The Hall–Kier alpha value is -4.28. The minimum atomic E-state index is -1.21. The maximum absolute atomic E-state index is 14.2. The first-order valence-corrected chi connectivity index (χ1v) is 17.9. The molecule has 0 aromatic carbocycles. The molecule has 9 nitrogen and oxygen atoms in total. The van der Waals surface area contributed by atoms with Gasteiger partial charge in [0.2, 0.25) is 0 Å². The zero-order valence-electron chi connectivity index (χ0n) is 31.6. The minimum Gasteiger partial charge on any atom is -0.664 e. The van der Waals surface area contributed by atoms with Gasteiger partial charge >= 0.3 is 35.0 Å². The first-order valence-electron chi connectivity index (χ1n) is 17.9. The molecule has 268 valence electrons. The molecule has 0 unspecified atom stereocenters. The van der Waals surface area contributed by atoms with Crippen LogP contribution in [0.4, 0.5) is 0 Å². The van der Waals surface area contributed by atoms with Crippen LogP contribution in [0.1, 0.15) is 114 Å². The number of hydrogen-bond acceptors (Lipinski definition) is 5. The van der Waals surface area contributed by atoms with Crippen molar-refractivity contribution < 1.29 is 23.9 Å². The van der Waals surface area contributed by atoms with Crippen molar-refractivity contribution in [1.29, 1.82) is 0 Å². The number of carbonyl (C=O) groups is 3. The second-order valence-corrected chi connectivity index (χ2v) is 13.8. The molecule has 3 aromatic heterocycles. The molecular weight excluding hydrogens is 665 g/mol. The van der Waals surface area contributed by atoms with Gasteiger partial charge in [-0.25, -0.2) is 0 Å². The number of fused-ring (bicyclic) bond motifs is 7. The Morgan fingerprint density at radius 1 is 0.942 bits per heavy atom. The number of methoxy groups -OCH3 is 1. The van der Waals surface area contributed by atoms with E-state index in [1.807, 2.05) is 51.2 Å². The number of nitrogens with zero attached hydrogens (tertiary/aromatic N) is 4. The first-order chi connectivity index (χ1) is 24.4. The molecule has 3 aromatic rings. The van der Waals surface area contributed by atoms with Crippen LogP contribution >= 0.6 is 0 Å². The van der Waals surface area contributed by atoms with E-state index >= 15 is 0 Å². The number of rotatable bonds is 10. The number of esters is 2. The quantitative estimate of drug-likeness (QED) is 0.113. The van der Waals surface area contributed by atoms with Gasteiger partial charge in [0.05, 0.1) is 7.11 Å². The molecule has 10 heteroatoms. The summed E-state index contributed by atoms with van der Waals surface area (Å²) in [5.74, 6) is -3.04. The average molecular weight is 711 g/mol. The van der Waals surface area contributed by atoms with E-state index in [4.69, 9.17) is 29.7 Å². The molecule has 2 aliphatic heterocycles. The number of carbonyl (C=O) groups excluding carboxylic acids is 3. The van der Waals surface area contributed by atoms with Crippen molar-refractivity contribution >= 4 is 70.7 Å². The van der Waals surface area contributed by atoms with Gasteiger partial charge in [0.15, 0.2) is 5.78 Å². The fourth-order valence-corrected chi connectivity index (χ4v) is 7.77. The predicted octanol–water partition coefficient (Wildman–Crippen LogP) is 5.73. The van der Waals surface area contributed by atoms with Crippen molar-refractivity contribution in [2.24, 2.45) is 17.8 Å². The van der Waals surface area contributed by atoms with Crippen LogP contribution in [-0.2, 0) is 25.5 Å². The fourth-order valence-electron chi connectivity index (χ4n) is 7.77. The molecule has 0 saturated carbocycles. The van der Waals surface area contributed by atoms with Gasteiger partial charge < -0.3 is 29.7 Å². The van der Waals surface area contributed by atoms with Crippen LogP contribution in [0.15, 0.2) is 29.6 Å². The van der Waals surface area contributed by atoms with Crippen LogP contribution < -0.4 is 25.7 Å². The van der Waals surface area contributed by atoms with Gasteiger partial charge in [0.1, 0.15) is 12.5 Å². The largest absolute Gasteiger partial charge is 2.00 e. The average Bonchev–Trinajstić information content (AvgIpc) is 3.84. The zero-order valence-corrected chi connectivity index (χ0v) is 33.0. The Kier molecular flexibility index (Phi) is 11.8. The minimum absolute atomic E-state index is 0. The predicted molar refractivity (Wildman–Crippen MR) is 205 cm³/mol. The van der Waals surface area contributed by atoms with Gasteiger partial charge in [0, 0.05) is 12.0 Å². The number of aromatic nitrogens is 3. The van der Waals surface area contributed by atoms with Gasteiger partial charge in [-0.3, -0.25) is 14.4 Å². The third kappa shape index (κ3) is 6.83. The molecule has 52 heavy (non-hydrogen) atoms. The van der Waals surface area contributed by atoms with Crippen molar-refractivity contribution in [3.05, 3.63) is 102 Å². The van der Waals surface area contributed by atoms with E-state index in [-0.39, 0.29) is 59.7 Å². The molecule has 1 aliphatic carbocycles. The Labute approximate surface area is 321 Å². The molecule has 6 rings (SSSR count). The summed E-state index contributed by atoms with van der Waals surface area (Å²) in [4.78, 5) is 55.8. The van der Waals surface area contributed by atoms with Crippen molar-refractivity contribution in [2.45, 2.75) is 80.6 Å². The van der Waals surface area contributed by atoms with Gasteiger partial charge in [-0.2, -0.15) is 11.4 Å². The molecule has 0 amide bonds. The van der Waals surface area contributed by atoms with Crippen molar-refractivity contribution in [3.63, 3.8) is 0 Å². The summed E-state index contributed by atoms with van der Waals surface area (Å²) in [5, 5.41) is 6.77. The topological polar surface area (TPSA) is 126 Å². The van der Waals surface area contributed by atoms with Crippen LogP contribution in [-0.4, -0.2) is 54.5 Å². The normalized spacial score (nSPS) is 22.7. The molecule has 0 N–H and O–H groups in total. The van der Waals surface area contributed by atoms with E-state index in [1.165, 1.54) is 12.7 Å². The second kappa shape index (κ2) is 15.8. The molecule has 3 aliphatic rings. The van der Waals surface area contributed by atoms with Crippen LogP contribution in [0, 0.1) is 38.5 Å². The van der Waals surface area contributed by atoms with Gasteiger partial charge in [-0.15, -0.1) is 33.5 Å². The van der Waals surface area contributed by atoms with Crippen LogP contribution in [0.3, 0.4) is 0 Å². The number of Topliss-reactive ketones (excluding diaryl/α,β-unsaturated/α-hetero) is 1. The van der Waals surface area contributed by atoms with Crippen LogP contribution in [0.25, 0.3) is 35.2 Å². The summed E-state index contributed by atoms with van der Waals surface area (Å²) in [6, 6.07) is 0. The van der Waals surface area contributed by atoms with E-state index in [0.29, 0.717) is 40.2 Å². The molecule has 0 radical (unpaired) electrons. The van der Waals surface area contributed by atoms with E-state index in [0.717, 1.165) is 69.3 Å². The summed E-state index contributed by atoms with van der Waals surface area (Å²) in [7, 11) is 1.28. The molecule has 0 spiro atoms. The monoisotopic (exact) mass is 710 g/mol. The van der Waals surface area contributed by atoms with E-state index in [1.54, 1.807) is 0 Å². The van der Waals surface area contributed by atoms with Crippen LogP contribution in [0.2, 0.25) is 0 Å². The first kappa shape index (κ1) is 38.9. The maximum atomic E-state index is 14.2. The molecule has 3 atom stereocenters. The van der Waals surface area contributed by atoms with Crippen molar-refractivity contribution in [3.8, 4) is 0 Å². The Morgan fingerprint density at radius 2 is 1.65 bits per heavy atom. The Balaban J connectivity index is 0.00000523. The summed E-state index contributed by atoms with van der Waals surface area (Å²) in [6.07, 6.45) is 12.9. The summed E-state index contributed by atoms with van der Waals surface area (Å²) in [5.41, 5.74) is 10.6. The van der Waals surface area contributed by atoms with Crippen LogP contribution in [0.5, 0.6) is 0 Å².